The van der Waals surface area contributed by atoms with Crippen LogP contribution in [-0.2, 0) is 21.4 Å². The van der Waals surface area contributed by atoms with Gasteiger partial charge in [-0.2, -0.15) is 4.31 Å². The zero-order valence-corrected chi connectivity index (χ0v) is 24.5. The van der Waals surface area contributed by atoms with Gasteiger partial charge in [-0.15, -0.1) is 0 Å². The van der Waals surface area contributed by atoms with E-state index < -0.39 is 67.4 Å². The minimum atomic E-state index is -5.22. The number of phenols is 1. The lowest BCUT2D eigenvalue weighted by Gasteiger charge is -2.41. The lowest BCUT2D eigenvalue weighted by molar-refractivity contribution is -0.125. The summed E-state index contributed by atoms with van der Waals surface area (Å²) in [6.07, 6.45) is 7.15. The van der Waals surface area contributed by atoms with Crippen molar-refractivity contribution in [1.82, 2.24) is 9.29 Å². The Balaban J connectivity index is 1.49. The first-order valence-electron chi connectivity index (χ1n) is 14.1. The molecule has 14 heteroatoms. The van der Waals surface area contributed by atoms with E-state index in [0.717, 1.165) is 49.1 Å². The number of carbonyl (C=O) groups is 2. The van der Waals surface area contributed by atoms with Crippen molar-refractivity contribution in [2.45, 2.75) is 68.8 Å². The van der Waals surface area contributed by atoms with Gasteiger partial charge in [-0.05, 0) is 55.9 Å². The van der Waals surface area contributed by atoms with E-state index in [1.54, 1.807) is 12.3 Å². The molecule has 1 aliphatic carbocycles. The number of nitrogens with zero attached hydrogens (tertiary/aromatic N) is 3. The number of hydrogen-bond donors (Lipinski definition) is 2. The van der Waals surface area contributed by atoms with Gasteiger partial charge >= 0.3 is 0 Å². The smallest absolute Gasteiger partial charge is 0.252 e. The molecular formula is C30H30F4N4O5S. The van der Waals surface area contributed by atoms with Gasteiger partial charge in [0.2, 0.25) is 15.9 Å². The second kappa shape index (κ2) is 12.2. The number of anilines is 1. The third-order valence-corrected chi connectivity index (χ3v) is 10.3. The number of benzene rings is 2. The summed E-state index contributed by atoms with van der Waals surface area (Å²) in [6, 6.07) is 5.71. The van der Waals surface area contributed by atoms with Crippen LogP contribution in [0.3, 0.4) is 0 Å². The van der Waals surface area contributed by atoms with E-state index in [-0.39, 0.29) is 30.8 Å². The molecule has 0 radical (unpaired) electrons. The first-order chi connectivity index (χ1) is 20.8. The van der Waals surface area contributed by atoms with Gasteiger partial charge in [0.1, 0.15) is 11.8 Å². The van der Waals surface area contributed by atoms with Crippen molar-refractivity contribution in [3.8, 4) is 5.75 Å². The van der Waals surface area contributed by atoms with Crippen LogP contribution in [0.1, 0.15) is 71.6 Å². The highest BCUT2D eigenvalue weighted by atomic mass is 32.2. The van der Waals surface area contributed by atoms with E-state index in [0.29, 0.717) is 15.9 Å². The molecule has 0 unspecified atom stereocenters. The Morgan fingerprint density at radius 1 is 1.00 bits per heavy atom. The van der Waals surface area contributed by atoms with Gasteiger partial charge in [-0.3, -0.25) is 14.6 Å². The normalized spacial score (nSPS) is 17.7. The maximum absolute atomic E-state index is 14.7. The largest absolute Gasteiger partial charge is 0.507 e. The van der Waals surface area contributed by atoms with Crippen LogP contribution in [0.15, 0.2) is 41.4 Å². The van der Waals surface area contributed by atoms with E-state index in [1.807, 2.05) is 6.07 Å². The molecule has 9 nitrogen and oxygen atoms in total. The molecule has 1 aromatic heterocycles. The van der Waals surface area contributed by atoms with Crippen LogP contribution in [0.5, 0.6) is 5.75 Å². The molecule has 2 fully saturated rings. The predicted octanol–water partition coefficient (Wildman–Crippen LogP) is 4.80. The van der Waals surface area contributed by atoms with Crippen molar-refractivity contribution in [2.24, 2.45) is 5.73 Å². The van der Waals surface area contributed by atoms with Gasteiger partial charge in [0.25, 0.3) is 5.91 Å². The number of aromatic hydroxyl groups is 1. The molecule has 234 valence electrons. The number of amides is 2. The summed E-state index contributed by atoms with van der Waals surface area (Å²) in [5.74, 6) is -9.87. The number of halogens is 4. The summed E-state index contributed by atoms with van der Waals surface area (Å²) in [4.78, 5) is 29.3. The van der Waals surface area contributed by atoms with Gasteiger partial charge < -0.3 is 15.7 Å². The molecule has 3 N–H and O–H groups in total. The molecule has 0 bridgehead atoms. The van der Waals surface area contributed by atoms with Crippen LogP contribution in [0, 0.1) is 30.2 Å². The number of sulfonamides is 1. The average Bonchev–Trinajstić information content (AvgIpc) is 2.97. The Morgan fingerprint density at radius 3 is 2.18 bits per heavy atom. The monoisotopic (exact) mass is 634 g/mol. The summed E-state index contributed by atoms with van der Waals surface area (Å²) in [5.41, 5.74) is 5.53. The maximum Gasteiger partial charge on any atom is 0.252 e. The fourth-order valence-electron chi connectivity index (χ4n) is 5.70. The molecular weight excluding hydrogens is 604 g/mol. The highest BCUT2D eigenvalue weighted by Crippen LogP contribution is 2.36. The predicted molar refractivity (Wildman–Crippen MR) is 151 cm³/mol. The zero-order chi connectivity index (χ0) is 31.9. The molecule has 2 aliphatic rings. The third-order valence-electron chi connectivity index (χ3n) is 8.33. The van der Waals surface area contributed by atoms with Gasteiger partial charge in [0.15, 0.2) is 28.2 Å². The molecule has 5 rings (SSSR count). The summed E-state index contributed by atoms with van der Waals surface area (Å²) in [7, 11) is -5.22. The lowest BCUT2D eigenvalue weighted by atomic mass is 9.85. The standard InChI is InChI=1S/C30H30F4N4O5S/c1-16-24(31)26(33)28(27(34)25(16)32)44(42,43)38-12-11-22(38)30(41)37(20-9-10-21(29(35)40)23(39)13-20)15-19-8-7-18(14-36-19)17-5-3-2-4-6-17/h7-10,13-14,17,22,39H,2-6,11-12,15H2,1H3,(H2,35,40)/t22-/m1/s1. The SMILES string of the molecule is Cc1c(F)c(F)c(S(=O)(=O)N2CC[C@@H]2C(=O)N(Cc2ccc(C3CCCCC3)cn2)c2ccc(C(N)=O)c(O)c2)c(F)c1F. The quantitative estimate of drug-likeness (QED) is 0.270. The number of primary amides is 1. The fraction of sp³-hybridized carbons (Fsp3) is 0.367. The highest BCUT2D eigenvalue weighted by molar-refractivity contribution is 7.89. The number of nitrogens with two attached hydrogens (primary N) is 1. The number of aromatic nitrogens is 1. The summed E-state index contributed by atoms with van der Waals surface area (Å²) in [6.45, 7) is 0.193. The minimum absolute atomic E-state index is 0.0460. The highest BCUT2D eigenvalue weighted by Gasteiger charge is 2.47. The van der Waals surface area contributed by atoms with E-state index in [9.17, 15) is 40.7 Å². The Kier molecular flexibility index (Phi) is 8.67. The Hall–Kier alpha value is -4.04. The Bertz CT molecular complexity index is 1700. The molecule has 2 aromatic carbocycles. The second-order valence-electron chi connectivity index (χ2n) is 11.0. The summed E-state index contributed by atoms with van der Waals surface area (Å²) >= 11 is 0. The molecule has 1 saturated carbocycles. The molecule has 1 aliphatic heterocycles. The van der Waals surface area contributed by atoms with Crippen LogP contribution < -0.4 is 10.6 Å². The molecule has 1 atom stereocenters. The summed E-state index contributed by atoms with van der Waals surface area (Å²) in [5, 5.41) is 10.4. The van der Waals surface area contributed by atoms with Crippen molar-refractivity contribution in [2.75, 3.05) is 11.4 Å². The van der Waals surface area contributed by atoms with E-state index in [2.05, 4.69) is 4.98 Å². The second-order valence-corrected chi connectivity index (χ2v) is 12.9. The Labute approximate surface area is 251 Å². The van der Waals surface area contributed by atoms with Gasteiger partial charge in [0, 0.05) is 30.1 Å². The number of hydrogen-bond acceptors (Lipinski definition) is 6. The minimum Gasteiger partial charge on any atom is -0.507 e. The van der Waals surface area contributed by atoms with Gasteiger partial charge in [-0.25, -0.2) is 26.0 Å². The molecule has 2 heterocycles. The zero-order valence-electron chi connectivity index (χ0n) is 23.7. The first kappa shape index (κ1) is 31.4. The third kappa shape index (κ3) is 5.63. The molecule has 2 amide bonds. The maximum atomic E-state index is 14.7. The van der Waals surface area contributed by atoms with Gasteiger partial charge in [0.05, 0.1) is 17.8 Å². The summed E-state index contributed by atoms with van der Waals surface area (Å²) < 4.78 is 85.0. The van der Waals surface area contributed by atoms with Crippen molar-refractivity contribution < 1.29 is 40.7 Å². The first-order valence-corrected chi connectivity index (χ1v) is 15.5. The number of carbonyl (C=O) groups excluding carboxylic acids is 2. The average molecular weight is 635 g/mol. The molecule has 0 spiro atoms. The van der Waals surface area contributed by atoms with Crippen LogP contribution in [0.25, 0.3) is 0 Å². The van der Waals surface area contributed by atoms with Gasteiger partial charge in [-0.1, -0.05) is 25.3 Å². The van der Waals surface area contributed by atoms with Crippen molar-refractivity contribution in [3.05, 3.63) is 82.2 Å². The topological polar surface area (TPSA) is 134 Å². The Morgan fingerprint density at radius 2 is 1.66 bits per heavy atom. The number of rotatable bonds is 8. The molecule has 44 heavy (non-hydrogen) atoms. The van der Waals surface area contributed by atoms with E-state index >= 15 is 0 Å². The molecule has 1 saturated heterocycles. The number of pyridine rings is 1. The van der Waals surface area contributed by atoms with E-state index in [1.165, 1.54) is 18.6 Å². The molecule has 3 aromatic rings. The van der Waals surface area contributed by atoms with Crippen LogP contribution in [-0.4, -0.2) is 47.2 Å². The van der Waals surface area contributed by atoms with Crippen molar-refractivity contribution >= 4 is 27.5 Å². The fourth-order valence-corrected chi connectivity index (χ4v) is 7.45. The van der Waals surface area contributed by atoms with Crippen LogP contribution in [0.2, 0.25) is 0 Å². The van der Waals surface area contributed by atoms with Crippen LogP contribution in [0.4, 0.5) is 23.2 Å². The van der Waals surface area contributed by atoms with Crippen molar-refractivity contribution in [1.29, 1.82) is 0 Å². The van der Waals surface area contributed by atoms with Crippen molar-refractivity contribution in [3.63, 3.8) is 0 Å². The van der Waals surface area contributed by atoms with Crippen LogP contribution >= 0.6 is 0 Å². The van der Waals surface area contributed by atoms with E-state index in [4.69, 9.17) is 5.73 Å². The lowest BCUT2D eigenvalue weighted by Crippen LogP contribution is -2.59.